The van der Waals surface area contributed by atoms with Crippen LogP contribution in [0, 0.1) is 5.92 Å². The molecular weight excluding hydrogens is 156 g/mol. The van der Waals surface area contributed by atoms with Crippen LogP contribution >= 0.6 is 0 Å². The Labute approximate surface area is 71.3 Å². The number of cyclic esters (lactones) is 1. The first-order valence-corrected chi connectivity index (χ1v) is 3.84. The lowest BCUT2D eigenvalue weighted by Crippen LogP contribution is -2.18. The topological polar surface area (TPSA) is 50.7 Å². The van der Waals surface area contributed by atoms with Gasteiger partial charge < -0.3 is 10.2 Å². The van der Waals surface area contributed by atoms with Gasteiger partial charge in [0.25, 0.3) is 0 Å². The van der Waals surface area contributed by atoms with E-state index in [2.05, 4.69) is 17.1 Å². The fraction of sp³-hybridized carbons (Fsp3) is 0.500. The van der Waals surface area contributed by atoms with E-state index in [0.29, 0.717) is 18.9 Å². The van der Waals surface area contributed by atoms with Gasteiger partial charge in [0.2, 0.25) is 0 Å². The van der Waals surface area contributed by atoms with Gasteiger partial charge in [-0.1, -0.05) is 13.0 Å². The molecule has 4 nitrogen and oxygen atoms in total. The minimum absolute atomic E-state index is 0.0924. The monoisotopic (exact) mass is 168 g/mol. The second kappa shape index (κ2) is 3.90. The van der Waals surface area contributed by atoms with E-state index in [1.165, 1.54) is 0 Å². The van der Waals surface area contributed by atoms with Crippen molar-refractivity contribution in [2.24, 2.45) is 11.0 Å². The molecule has 1 aliphatic rings. The van der Waals surface area contributed by atoms with Crippen LogP contribution < -0.4 is 5.43 Å². The summed E-state index contributed by atoms with van der Waals surface area (Å²) in [6, 6.07) is 0. The molecule has 1 fully saturated rings. The zero-order chi connectivity index (χ0) is 8.97. The van der Waals surface area contributed by atoms with Gasteiger partial charge in [-0.3, -0.25) is 0 Å². The molecule has 0 aromatic heterocycles. The number of hydrazone groups is 1. The van der Waals surface area contributed by atoms with Gasteiger partial charge in [-0.2, -0.15) is 5.10 Å². The zero-order valence-electron chi connectivity index (χ0n) is 7.04. The predicted octanol–water partition coefficient (Wildman–Crippen LogP) is 0.311. The van der Waals surface area contributed by atoms with E-state index in [4.69, 9.17) is 4.74 Å². The van der Waals surface area contributed by atoms with Gasteiger partial charge in [0.1, 0.15) is 6.61 Å². The van der Waals surface area contributed by atoms with Crippen LogP contribution in [0.4, 0.5) is 0 Å². The van der Waals surface area contributed by atoms with Crippen LogP contribution in [0.2, 0.25) is 0 Å². The minimum atomic E-state index is -0.320. The summed E-state index contributed by atoms with van der Waals surface area (Å²) in [6.07, 6.45) is 1.68. The molecule has 0 bridgehead atoms. The Morgan fingerprint density at radius 2 is 2.67 bits per heavy atom. The molecule has 1 N–H and O–H groups in total. The maximum Gasteiger partial charge on any atom is 0.354 e. The van der Waals surface area contributed by atoms with Crippen LogP contribution in [0.1, 0.15) is 6.92 Å². The standard InChI is InChI=1S/C8H12N2O2/c1-3-4-9-10-7-6(2)5-12-8(7)11/h3,6,9H,1,4-5H2,2H3/b10-7-. The maximum absolute atomic E-state index is 11.0. The van der Waals surface area contributed by atoms with Gasteiger partial charge in [-0.15, -0.1) is 6.58 Å². The van der Waals surface area contributed by atoms with Crippen LogP contribution in [0.15, 0.2) is 17.8 Å². The molecular formula is C8H12N2O2. The Kier molecular flexibility index (Phi) is 2.85. The van der Waals surface area contributed by atoms with Crippen molar-refractivity contribution in [1.82, 2.24) is 5.43 Å². The third-order valence-corrected chi connectivity index (χ3v) is 1.58. The van der Waals surface area contributed by atoms with Crippen molar-refractivity contribution >= 4 is 11.7 Å². The SMILES string of the molecule is C=CCN/N=C1\C(=O)OCC1C. The number of nitrogens with one attached hydrogen (secondary N) is 1. The molecule has 1 heterocycles. The van der Waals surface area contributed by atoms with E-state index in [1.54, 1.807) is 6.08 Å². The lowest BCUT2D eigenvalue weighted by molar-refractivity contribution is -0.133. The summed E-state index contributed by atoms with van der Waals surface area (Å²) >= 11 is 0. The summed E-state index contributed by atoms with van der Waals surface area (Å²) in [5.41, 5.74) is 3.18. The smallest absolute Gasteiger partial charge is 0.354 e. The first kappa shape index (κ1) is 8.77. The van der Waals surface area contributed by atoms with E-state index in [0.717, 1.165) is 0 Å². The van der Waals surface area contributed by atoms with Crippen LogP contribution in [0.3, 0.4) is 0 Å². The molecule has 0 aromatic carbocycles. The number of nitrogens with zero attached hydrogens (tertiary/aromatic N) is 1. The molecule has 4 heteroatoms. The number of esters is 1. The van der Waals surface area contributed by atoms with Crippen LogP contribution in [0.5, 0.6) is 0 Å². The number of carbonyl (C=O) groups is 1. The summed E-state index contributed by atoms with van der Waals surface area (Å²) in [5, 5.41) is 3.90. The molecule has 1 unspecified atom stereocenters. The van der Waals surface area contributed by atoms with Crippen molar-refractivity contribution in [2.75, 3.05) is 13.2 Å². The fourth-order valence-electron chi connectivity index (χ4n) is 0.906. The third-order valence-electron chi connectivity index (χ3n) is 1.58. The quantitative estimate of drug-likeness (QED) is 0.285. The van der Waals surface area contributed by atoms with E-state index < -0.39 is 0 Å². The minimum Gasteiger partial charge on any atom is -0.460 e. The van der Waals surface area contributed by atoms with Gasteiger partial charge in [-0.05, 0) is 0 Å². The average molecular weight is 168 g/mol. The number of hydrogen-bond donors (Lipinski definition) is 1. The Morgan fingerprint density at radius 3 is 3.17 bits per heavy atom. The van der Waals surface area contributed by atoms with Gasteiger partial charge in [0, 0.05) is 5.92 Å². The summed E-state index contributed by atoms with van der Waals surface area (Å²) < 4.78 is 4.77. The van der Waals surface area contributed by atoms with Crippen molar-refractivity contribution in [3.05, 3.63) is 12.7 Å². The van der Waals surface area contributed by atoms with Gasteiger partial charge >= 0.3 is 5.97 Å². The average Bonchev–Trinajstić information content (AvgIpc) is 2.35. The third kappa shape index (κ3) is 1.84. The highest BCUT2D eigenvalue weighted by Gasteiger charge is 2.28. The zero-order valence-corrected chi connectivity index (χ0v) is 7.04. The molecule has 1 aliphatic heterocycles. The number of hydrogen-bond acceptors (Lipinski definition) is 4. The Hall–Kier alpha value is -1.32. The molecule has 1 saturated heterocycles. The van der Waals surface area contributed by atoms with Crippen LogP contribution in [0.25, 0.3) is 0 Å². The lowest BCUT2D eigenvalue weighted by atomic mass is 10.1. The summed E-state index contributed by atoms with van der Waals surface area (Å²) in [6.45, 7) is 6.41. The van der Waals surface area contributed by atoms with E-state index in [1.807, 2.05) is 6.92 Å². The summed E-state index contributed by atoms with van der Waals surface area (Å²) in [7, 11) is 0. The van der Waals surface area contributed by atoms with Crippen LogP contribution in [-0.4, -0.2) is 24.8 Å². The molecule has 12 heavy (non-hydrogen) atoms. The normalized spacial score (nSPS) is 25.6. The first-order valence-electron chi connectivity index (χ1n) is 3.84. The second-order valence-corrected chi connectivity index (χ2v) is 2.65. The molecule has 0 aromatic rings. The molecule has 0 saturated carbocycles. The first-order chi connectivity index (χ1) is 5.75. The Bertz CT molecular complexity index is 223. The highest BCUT2D eigenvalue weighted by molar-refractivity contribution is 6.38. The van der Waals surface area contributed by atoms with Crippen molar-refractivity contribution in [3.8, 4) is 0 Å². The van der Waals surface area contributed by atoms with Crippen molar-refractivity contribution < 1.29 is 9.53 Å². The molecule has 0 radical (unpaired) electrons. The molecule has 0 amide bonds. The molecule has 66 valence electrons. The molecule has 1 rings (SSSR count). The summed E-state index contributed by atoms with van der Waals surface area (Å²) in [5.74, 6) is -0.228. The predicted molar refractivity (Wildman–Crippen MR) is 45.8 cm³/mol. The number of rotatable bonds is 3. The molecule has 0 spiro atoms. The van der Waals surface area contributed by atoms with E-state index >= 15 is 0 Å². The van der Waals surface area contributed by atoms with Crippen molar-refractivity contribution in [3.63, 3.8) is 0 Å². The highest BCUT2D eigenvalue weighted by atomic mass is 16.5. The van der Waals surface area contributed by atoms with E-state index in [9.17, 15) is 4.79 Å². The lowest BCUT2D eigenvalue weighted by Gasteiger charge is -1.98. The van der Waals surface area contributed by atoms with Crippen molar-refractivity contribution in [2.45, 2.75) is 6.92 Å². The van der Waals surface area contributed by atoms with E-state index in [-0.39, 0.29) is 11.9 Å². The molecule has 0 aliphatic carbocycles. The van der Waals surface area contributed by atoms with Crippen LogP contribution in [-0.2, 0) is 9.53 Å². The van der Waals surface area contributed by atoms with Gasteiger partial charge in [0.15, 0.2) is 5.71 Å². The summed E-state index contributed by atoms with van der Waals surface area (Å²) in [4.78, 5) is 11.0. The van der Waals surface area contributed by atoms with Gasteiger partial charge in [-0.25, -0.2) is 4.79 Å². The Morgan fingerprint density at radius 1 is 1.92 bits per heavy atom. The highest BCUT2D eigenvalue weighted by Crippen LogP contribution is 2.09. The second-order valence-electron chi connectivity index (χ2n) is 2.65. The van der Waals surface area contributed by atoms with Gasteiger partial charge in [0.05, 0.1) is 6.54 Å². The molecule has 1 atom stereocenters. The number of ether oxygens (including phenoxy) is 1. The number of carbonyl (C=O) groups excluding carboxylic acids is 1. The Balaban J connectivity index is 2.52. The fourth-order valence-corrected chi connectivity index (χ4v) is 0.906. The van der Waals surface area contributed by atoms with Crippen molar-refractivity contribution in [1.29, 1.82) is 0 Å². The maximum atomic E-state index is 11.0. The largest absolute Gasteiger partial charge is 0.460 e.